The van der Waals surface area contributed by atoms with Crippen LogP contribution in [0.15, 0.2) is 18.3 Å². The second kappa shape index (κ2) is 5.40. The predicted molar refractivity (Wildman–Crippen MR) is 78.6 cm³/mol. The zero-order valence-corrected chi connectivity index (χ0v) is 12.1. The van der Waals surface area contributed by atoms with Crippen molar-refractivity contribution in [3.05, 3.63) is 24.0 Å². The summed E-state index contributed by atoms with van der Waals surface area (Å²) in [6.45, 7) is 3.87. The number of fused-ring (bicyclic) bond motifs is 1. The molecular weight excluding hydrogens is 252 g/mol. The largest absolute Gasteiger partial charge is 0.365 e. The van der Waals surface area contributed by atoms with Gasteiger partial charge in [-0.3, -0.25) is 9.78 Å². The molecular formula is C15H22N4O. The molecule has 2 saturated heterocycles. The maximum Gasteiger partial charge on any atom is 0.225 e. The van der Waals surface area contributed by atoms with E-state index < -0.39 is 0 Å². The molecule has 2 N–H and O–H groups in total. The van der Waals surface area contributed by atoms with Gasteiger partial charge in [0.2, 0.25) is 5.91 Å². The normalized spacial score (nSPS) is 27.1. The molecule has 0 spiro atoms. The maximum absolute atomic E-state index is 11.8. The monoisotopic (exact) mass is 274 g/mol. The Balaban J connectivity index is 1.80. The number of nitrogens with one attached hydrogen (secondary N) is 2. The first-order valence-corrected chi connectivity index (χ1v) is 7.38. The van der Waals surface area contributed by atoms with Crippen LogP contribution >= 0.6 is 0 Å². The van der Waals surface area contributed by atoms with Crippen LogP contribution < -0.4 is 15.5 Å². The van der Waals surface area contributed by atoms with Gasteiger partial charge in [-0.25, -0.2) is 0 Å². The summed E-state index contributed by atoms with van der Waals surface area (Å²) in [4.78, 5) is 18.7. The highest BCUT2D eigenvalue weighted by molar-refractivity contribution is 5.83. The lowest BCUT2D eigenvalue weighted by Crippen LogP contribution is -2.45. The number of aromatic nitrogens is 1. The Morgan fingerprint density at radius 3 is 3.05 bits per heavy atom. The van der Waals surface area contributed by atoms with E-state index in [0.29, 0.717) is 6.04 Å². The van der Waals surface area contributed by atoms with E-state index >= 15 is 0 Å². The lowest BCUT2D eigenvalue weighted by molar-refractivity contribution is -0.122. The maximum atomic E-state index is 11.8. The molecule has 2 aliphatic heterocycles. The van der Waals surface area contributed by atoms with Crippen LogP contribution in [0.25, 0.3) is 0 Å². The van der Waals surface area contributed by atoms with Gasteiger partial charge in [-0.15, -0.1) is 0 Å². The summed E-state index contributed by atoms with van der Waals surface area (Å²) in [5.41, 5.74) is 2.17. The van der Waals surface area contributed by atoms with Crippen molar-refractivity contribution in [3.8, 4) is 0 Å². The Labute approximate surface area is 119 Å². The minimum absolute atomic E-state index is 0.152. The van der Waals surface area contributed by atoms with E-state index in [1.54, 1.807) is 0 Å². The lowest BCUT2D eigenvalue weighted by Gasteiger charge is -2.37. The lowest BCUT2D eigenvalue weighted by atomic mass is 9.91. The number of rotatable bonds is 3. The highest BCUT2D eigenvalue weighted by atomic mass is 16.2. The summed E-state index contributed by atoms with van der Waals surface area (Å²) in [6.07, 6.45) is 4.02. The zero-order valence-electron chi connectivity index (χ0n) is 12.1. The zero-order chi connectivity index (χ0) is 14.1. The molecule has 5 heteroatoms. The van der Waals surface area contributed by atoms with Gasteiger partial charge in [0.15, 0.2) is 0 Å². The molecule has 3 atom stereocenters. The van der Waals surface area contributed by atoms with Crippen LogP contribution in [0.3, 0.4) is 0 Å². The Morgan fingerprint density at radius 2 is 2.35 bits per heavy atom. The Kier molecular flexibility index (Phi) is 3.61. The molecule has 20 heavy (non-hydrogen) atoms. The molecule has 0 radical (unpaired) electrons. The molecule has 3 rings (SSSR count). The van der Waals surface area contributed by atoms with Crippen molar-refractivity contribution in [1.82, 2.24) is 15.6 Å². The topological polar surface area (TPSA) is 57.3 Å². The van der Waals surface area contributed by atoms with Crippen LogP contribution in [-0.4, -0.2) is 37.1 Å². The number of anilines is 1. The van der Waals surface area contributed by atoms with Gasteiger partial charge in [-0.05, 0) is 38.9 Å². The third-order valence-corrected chi connectivity index (χ3v) is 4.58. The van der Waals surface area contributed by atoms with Gasteiger partial charge in [0, 0.05) is 19.1 Å². The van der Waals surface area contributed by atoms with E-state index in [-0.39, 0.29) is 17.9 Å². The minimum atomic E-state index is 0.152. The first-order valence-electron chi connectivity index (χ1n) is 7.38. The fourth-order valence-corrected chi connectivity index (χ4v) is 3.24. The number of carbonyl (C=O) groups excluding carboxylic acids is 1. The van der Waals surface area contributed by atoms with Crippen molar-refractivity contribution in [2.75, 3.05) is 25.0 Å². The molecule has 108 valence electrons. The van der Waals surface area contributed by atoms with E-state index in [1.165, 1.54) is 0 Å². The fraction of sp³-hybridized carbons (Fsp3) is 0.600. The number of hydrogen-bond acceptors (Lipinski definition) is 4. The van der Waals surface area contributed by atoms with Gasteiger partial charge < -0.3 is 15.5 Å². The van der Waals surface area contributed by atoms with Crippen molar-refractivity contribution in [2.45, 2.75) is 31.8 Å². The summed E-state index contributed by atoms with van der Waals surface area (Å²) < 4.78 is 0. The van der Waals surface area contributed by atoms with Gasteiger partial charge in [0.1, 0.15) is 0 Å². The molecule has 0 aromatic carbocycles. The molecule has 1 amide bonds. The van der Waals surface area contributed by atoms with Crippen molar-refractivity contribution in [1.29, 1.82) is 0 Å². The number of hydrogen-bond donors (Lipinski definition) is 2. The molecule has 0 bridgehead atoms. The molecule has 0 saturated carbocycles. The second-order valence-corrected chi connectivity index (χ2v) is 5.71. The quantitative estimate of drug-likeness (QED) is 0.866. The van der Waals surface area contributed by atoms with Crippen LogP contribution in [-0.2, 0) is 4.79 Å². The minimum Gasteiger partial charge on any atom is -0.365 e. The highest BCUT2D eigenvalue weighted by Crippen LogP contribution is 2.31. The molecule has 3 heterocycles. The smallest absolute Gasteiger partial charge is 0.225 e. The van der Waals surface area contributed by atoms with Gasteiger partial charge in [0.25, 0.3) is 0 Å². The molecule has 3 unspecified atom stereocenters. The molecule has 0 aliphatic carbocycles. The van der Waals surface area contributed by atoms with E-state index in [2.05, 4.69) is 39.6 Å². The molecule has 1 aromatic heterocycles. The van der Waals surface area contributed by atoms with Crippen LogP contribution in [0.4, 0.5) is 5.69 Å². The van der Waals surface area contributed by atoms with Gasteiger partial charge in [-0.2, -0.15) is 0 Å². The summed E-state index contributed by atoms with van der Waals surface area (Å²) in [6, 6.07) is 4.75. The molecule has 2 fully saturated rings. The third kappa shape index (κ3) is 2.26. The Hall–Kier alpha value is -1.62. The second-order valence-electron chi connectivity index (χ2n) is 5.71. The highest BCUT2D eigenvalue weighted by Gasteiger charge is 2.40. The van der Waals surface area contributed by atoms with Crippen LogP contribution in [0.1, 0.15) is 31.5 Å². The predicted octanol–water partition coefficient (Wildman–Crippen LogP) is 1.08. The first-order chi connectivity index (χ1) is 9.70. The summed E-state index contributed by atoms with van der Waals surface area (Å²) in [7, 11) is 1.94. The Morgan fingerprint density at radius 1 is 1.50 bits per heavy atom. The standard InChI is InChI=1S/C15H22N4O/c1-10(16-2)13-6-5-11(8-17-13)19-7-3-4-12-14(19)9-18-15(12)20/h5-6,8,10,12,14,16H,3-4,7,9H2,1-2H3,(H,18,20). The summed E-state index contributed by atoms with van der Waals surface area (Å²) in [5, 5.41) is 6.18. The van der Waals surface area contributed by atoms with Crippen molar-refractivity contribution >= 4 is 11.6 Å². The SMILES string of the molecule is CNC(C)c1ccc(N2CCCC3C(=O)NCC32)cn1. The van der Waals surface area contributed by atoms with E-state index in [4.69, 9.17) is 0 Å². The van der Waals surface area contributed by atoms with E-state index in [9.17, 15) is 4.79 Å². The van der Waals surface area contributed by atoms with Crippen LogP contribution in [0.2, 0.25) is 0 Å². The van der Waals surface area contributed by atoms with E-state index in [1.807, 2.05) is 13.2 Å². The summed E-state index contributed by atoms with van der Waals surface area (Å²) in [5.74, 6) is 0.368. The average Bonchev–Trinajstić information content (AvgIpc) is 2.88. The first kappa shape index (κ1) is 13.4. The summed E-state index contributed by atoms with van der Waals surface area (Å²) >= 11 is 0. The van der Waals surface area contributed by atoms with Gasteiger partial charge >= 0.3 is 0 Å². The Bertz CT molecular complexity index is 487. The number of amides is 1. The molecule has 2 aliphatic rings. The van der Waals surface area contributed by atoms with E-state index in [0.717, 1.165) is 37.3 Å². The third-order valence-electron chi connectivity index (χ3n) is 4.58. The van der Waals surface area contributed by atoms with Gasteiger partial charge in [0.05, 0.1) is 29.5 Å². The average molecular weight is 274 g/mol. The number of piperidine rings is 1. The fourth-order valence-electron chi connectivity index (χ4n) is 3.24. The van der Waals surface area contributed by atoms with Crippen molar-refractivity contribution in [2.24, 2.45) is 5.92 Å². The number of carbonyl (C=O) groups is 1. The van der Waals surface area contributed by atoms with Crippen molar-refractivity contribution in [3.63, 3.8) is 0 Å². The van der Waals surface area contributed by atoms with Crippen LogP contribution in [0.5, 0.6) is 0 Å². The van der Waals surface area contributed by atoms with Crippen molar-refractivity contribution < 1.29 is 4.79 Å². The molecule has 1 aromatic rings. The van der Waals surface area contributed by atoms with Crippen LogP contribution in [0, 0.1) is 5.92 Å². The number of pyridine rings is 1. The number of nitrogens with zero attached hydrogens (tertiary/aromatic N) is 2. The molecule has 5 nitrogen and oxygen atoms in total. The van der Waals surface area contributed by atoms with Gasteiger partial charge in [-0.1, -0.05) is 0 Å².